The Morgan fingerprint density at radius 3 is 2.42 bits per heavy atom. The highest BCUT2D eigenvalue weighted by Crippen LogP contribution is 2.35. The van der Waals surface area contributed by atoms with Gasteiger partial charge >= 0.3 is 0 Å². The van der Waals surface area contributed by atoms with Gasteiger partial charge in [0, 0.05) is 11.7 Å². The second-order valence-electron chi connectivity index (χ2n) is 6.31. The van der Waals surface area contributed by atoms with Crippen molar-refractivity contribution in [3.05, 3.63) is 24.0 Å². The molecule has 2 unspecified atom stereocenters. The number of anilines is 1. The molecule has 0 aliphatic carbocycles. The highest BCUT2D eigenvalue weighted by molar-refractivity contribution is 5.80. The average molecular weight is 261 g/mol. The van der Waals surface area contributed by atoms with E-state index in [4.69, 9.17) is 5.73 Å². The van der Waals surface area contributed by atoms with Gasteiger partial charge in [-0.15, -0.1) is 0 Å². The number of rotatable bonds is 2. The van der Waals surface area contributed by atoms with Crippen molar-refractivity contribution in [2.45, 2.75) is 46.8 Å². The summed E-state index contributed by atoms with van der Waals surface area (Å²) in [6.45, 7) is 10.5. The summed E-state index contributed by atoms with van der Waals surface area (Å²) in [6.07, 6.45) is -0.599. The fourth-order valence-electron chi connectivity index (χ4n) is 2.22. The molecule has 0 amide bonds. The minimum Gasteiger partial charge on any atom is -0.399 e. The Bertz CT molecular complexity index is 593. The Balaban J connectivity index is 2.72. The summed E-state index contributed by atoms with van der Waals surface area (Å²) in [7, 11) is 0. The first-order valence-electron chi connectivity index (χ1n) is 6.67. The third kappa shape index (κ3) is 2.45. The number of nitrogens with zero attached hydrogens (tertiary/aromatic N) is 2. The molecule has 2 atom stereocenters. The molecule has 4 nitrogen and oxygen atoms in total. The number of hydrogen-bond acceptors (Lipinski definition) is 3. The molecule has 1 aromatic heterocycles. The normalized spacial score (nSPS) is 15.7. The standard InChI is InChI=1S/C15H23N3O/c1-9(19)14-17-12-8-11(16)6-7-13(12)18(14)10(2)15(3,4)5/h6-10,19H,16H2,1-5H3. The molecular weight excluding hydrogens is 238 g/mol. The molecule has 2 aromatic rings. The molecule has 0 saturated heterocycles. The SMILES string of the molecule is CC(O)c1nc2cc(N)ccc2n1C(C)C(C)(C)C. The van der Waals surface area contributed by atoms with Gasteiger partial charge in [0.2, 0.25) is 0 Å². The number of aromatic nitrogens is 2. The predicted octanol–water partition coefficient (Wildman–Crippen LogP) is 3.28. The second kappa shape index (κ2) is 4.53. The number of imidazole rings is 1. The lowest BCUT2D eigenvalue weighted by Crippen LogP contribution is -2.23. The van der Waals surface area contributed by atoms with Crippen LogP contribution in [0, 0.1) is 5.41 Å². The summed E-state index contributed by atoms with van der Waals surface area (Å²) in [5, 5.41) is 9.97. The smallest absolute Gasteiger partial charge is 0.138 e. The lowest BCUT2D eigenvalue weighted by Gasteiger charge is -2.30. The van der Waals surface area contributed by atoms with Crippen LogP contribution in [0.25, 0.3) is 11.0 Å². The topological polar surface area (TPSA) is 64.1 Å². The maximum absolute atomic E-state index is 9.97. The van der Waals surface area contributed by atoms with Crippen LogP contribution in [0.2, 0.25) is 0 Å². The maximum atomic E-state index is 9.97. The van der Waals surface area contributed by atoms with Crippen LogP contribution in [0.3, 0.4) is 0 Å². The number of nitrogens with two attached hydrogens (primary N) is 1. The number of aliphatic hydroxyl groups excluding tert-OH is 1. The summed E-state index contributed by atoms with van der Waals surface area (Å²) < 4.78 is 2.12. The zero-order valence-corrected chi connectivity index (χ0v) is 12.3. The van der Waals surface area contributed by atoms with E-state index in [1.807, 2.05) is 18.2 Å². The first-order chi connectivity index (χ1) is 8.71. The molecule has 1 heterocycles. The van der Waals surface area contributed by atoms with Gasteiger partial charge in [0.05, 0.1) is 11.0 Å². The Hall–Kier alpha value is -1.55. The minimum atomic E-state index is -0.599. The minimum absolute atomic E-state index is 0.0820. The molecule has 3 N–H and O–H groups in total. The largest absolute Gasteiger partial charge is 0.399 e. The predicted molar refractivity (Wildman–Crippen MR) is 78.9 cm³/mol. The molecule has 0 bridgehead atoms. The average Bonchev–Trinajstić information content (AvgIpc) is 2.64. The van der Waals surface area contributed by atoms with E-state index in [1.165, 1.54) is 0 Å². The van der Waals surface area contributed by atoms with Gasteiger partial charge in [-0.2, -0.15) is 0 Å². The second-order valence-corrected chi connectivity index (χ2v) is 6.31. The lowest BCUT2D eigenvalue weighted by molar-refractivity contribution is 0.170. The fraction of sp³-hybridized carbons (Fsp3) is 0.533. The van der Waals surface area contributed by atoms with E-state index in [2.05, 4.69) is 37.2 Å². The monoisotopic (exact) mass is 261 g/mol. The van der Waals surface area contributed by atoms with Crippen molar-refractivity contribution < 1.29 is 5.11 Å². The molecule has 2 rings (SSSR count). The van der Waals surface area contributed by atoms with Gasteiger partial charge < -0.3 is 15.4 Å². The van der Waals surface area contributed by atoms with Crippen LogP contribution < -0.4 is 5.73 Å². The third-order valence-corrected chi connectivity index (χ3v) is 3.76. The van der Waals surface area contributed by atoms with Gasteiger partial charge in [0.25, 0.3) is 0 Å². The van der Waals surface area contributed by atoms with Crippen molar-refractivity contribution in [3.8, 4) is 0 Å². The Morgan fingerprint density at radius 1 is 1.26 bits per heavy atom. The zero-order valence-electron chi connectivity index (χ0n) is 12.3. The fourth-order valence-corrected chi connectivity index (χ4v) is 2.22. The first-order valence-corrected chi connectivity index (χ1v) is 6.67. The number of benzene rings is 1. The third-order valence-electron chi connectivity index (χ3n) is 3.76. The summed E-state index contributed by atoms with van der Waals surface area (Å²) in [4.78, 5) is 4.54. The molecule has 0 radical (unpaired) electrons. The summed E-state index contributed by atoms with van der Waals surface area (Å²) in [5.74, 6) is 0.697. The lowest BCUT2D eigenvalue weighted by atomic mass is 9.87. The number of nitrogen functional groups attached to an aromatic ring is 1. The molecule has 0 aliphatic rings. The van der Waals surface area contributed by atoms with E-state index in [9.17, 15) is 5.11 Å². The molecule has 1 aromatic carbocycles. The van der Waals surface area contributed by atoms with Gasteiger partial charge in [-0.1, -0.05) is 20.8 Å². The Morgan fingerprint density at radius 2 is 1.89 bits per heavy atom. The number of hydrogen-bond donors (Lipinski definition) is 2. The van der Waals surface area contributed by atoms with Gasteiger partial charge in [0.1, 0.15) is 11.9 Å². The van der Waals surface area contributed by atoms with Crippen molar-refractivity contribution in [1.82, 2.24) is 9.55 Å². The van der Waals surface area contributed by atoms with E-state index in [0.717, 1.165) is 11.0 Å². The van der Waals surface area contributed by atoms with Gasteiger partial charge in [-0.25, -0.2) is 4.98 Å². The van der Waals surface area contributed by atoms with Crippen LogP contribution >= 0.6 is 0 Å². The van der Waals surface area contributed by atoms with Crippen molar-refractivity contribution in [2.24, 2.45) is 5.41 Å². The molecular formula is C15H23N3O. The van der Waals surface area contributed by atoms with E-state index < -0.39 is 6.10 Å². The Labute approximate surface area is 114 Å². The van der Waals surface area contributed by atoms with Crippen LogP contribution in [-0.4, -0.2) is 14.7 Å². The molecule has 0 aliphatic heterocycles. The van der Waals surface area contributed by atoms with Crippen molar-refractivity contribution >= 4 is 16.7 Å². The number of fused-ring (bicyclic) bond motifs is 1. The van der Waals surface area contributed by atoms with Crippen LogP contribution in [0.5, 0.6) is 0 Å². The molecule has 0 saturated carbocycles. The maximum Gasteiger partial charge on any atom is 0.138 e. The molecule has 104 valence electrons. The van der Waals surface area contributed by atoms with Crippen LogP contribution in [0.4, 0.5) is 5.69 Å². The quantitative estimate of drug-likeness (QED) is 0.815. The van der Waals surface area contributed by atoms with Crippen molar-refractivity contribution in [2.75, 3.05) is 5.73 Å². The molecule has 19 heavy (non-hydrogen) atoms. The molecule has 4 heteroatoms. The molecule has 0 fully saturated rings. The van der Waals surface area contributed by atoms with Crippen LogP contribution in [0.1, 0.15) is 52.6 Å². The van der Waals surface area contributed by atoms with Gasteiger partial charge in [0.15, 0.2) is 0 Å². The Kier molecular flexibility index (Phi) is 3.31. The number of aliphatic hydroxyl groups is 1. The zero-order chi connectivity index (χ0) is 14.4. The van der Waals surface area contributed by atoms with E-state index >= 15 is 0 Å². The van der Waals surface area contributed by atoms with E-state index in [1.54, 1.807) is 6.92 Å². The van der Waals surface area contributed by atoms with Crippen molar-refractivity contribution in [3.63, 3.8) is 0 Å². The summed E-state index contributed by atoms with van der Waals surface area (Å²) in [6, 6.07) is 5.94. The highest BCUT2D eigenvalue weighted by atomic mass is 16.3. The van der Waals surface area contributed by atoms with Crippen LogP contribution in [-0.2, 0) is 0 Å². The first kappa shape index (κ1) is 13.9. The van der Waals surface area contributed by atoms with E-state index in [-0.39, 0.29) is 11.5 Å². The highest BCUT2D eigenvalue weighted by Gasteiger charge is 2.27. The van der Waals surface area contributed by atoms with Crippen LogP contribution in [0.15, 0.2) is 18.2 Å². The van der Waals surface area contributed by atoms with Gasteiger partial charge in [-0.3, -0.25) is 0 Å². The van der Waals surface area contributed by atoms with E-state index in [0.29, 0.717) is 11.5 Å². The van der Waals surface area contributed by atoms with Crippen molar-refractivity contribution in [1.29, 1.82) is 0 Å². The molecule has 0 spiro atoms. The summed E-state index contributed by atoms with van der Waals surface area (Å²) in [5.41, 5.74) is 8.44. The van der Waals surface area contributed by atoms with Gasteiger partial charge in [-0.05, 0) is 37.5 Å². The summed E-state index contributed by atoms with van der Waals surface area (Å²) >= 11 is 0.